The Bertz CT molecular complexity index is 755. The lowest BCUT2D eigenvalue weighted by atomic mass is 10.1. The zero-order valence-corrected chi connectivity index (χ0v) is 16.2. The first-order valence-electron chi connectivity index (χ1n) is 9.18. The number of hydrogen-bond donors (Lipinski definition) is 0. The smallest absolute Gasteiger partial charge is 0.307 e. The predicted octanol–water partition coefficient (Wildman–Crippen LogP) is 3.64. The van der Waals surface area contributed by atoms with Crippen molar-refractivity contribution in [1.29, 1.82) is 0 Å². The van der Waals surface area contributed by atoms with Gasteiger partial charge in [-0.3, -0.25) is 9.59 Å². The van der Waals surface area contributed by atoms with E-state index < -0.39 is 0 Å². The van der Waals surface area contributed by atoms with E-state index in [2.05, 4.69) is 0 Å². The summed E-state index contributed by atoms with van der Waals surface area (Å²) in [5.41, 5.74) is 2.69. The van der Waals surface area contributed by atoms with Crippen LogP contribution in [0.1, 0.15) is 34.8 Å². The average Bonchev–Trinajstić information content (AvgIpc) is 2.68. The topological polar surface area (TPSA) is 55.8 Å². The Labute approximate surface area is 160 Å². The van der Waals surface area contributed by atoms with E-state index in [-0.39, 0.29) is 18.3 Å². The number of methoxy groups -OCH3 is 1. The van der Waals surface area contributed by atoms with Crippen LogP contribution >= 0.6 is 0 Å². The van der Waals surface area contributed by atoms with Gasteiger partial charge in [0.2, 0.25) is 0 Å². The highest BCUT2D eigenvalue weighted by atomic mass is 16.5. The minimum Gasteiger partial charge on any atom is -0.497 e. The Hall–Kier alpha value is -2.82. The molecule has 2 aromatic rings. The quantitative estimate of drug-likeness (QED) is 0.633. The van der Waals surface area contributed by atoms with Crippen LogP contribution in [0.5, 0.6) is 5.75 Å². The van der Waals surface area contributed by atoms with Crippen LogP contribution in [0.3, 0.4) is 0 Å². The summed E-state index contributed by atoms with van der Waals surface area (Å²) >= 11 is 0. The van der Waals surface area contributed by atoms with E-state index in [1.165, 1.54) is 0 Å². The summed E-state index contributed by atoms with van der Waals surface area (Å²) in [6.45, 7) is 4.90. The average molecular weight is 369 g/mol. The van der Waals surface area contributed by atoms with Gasteiger partial charge in [-0.25, -0.2) is 0 Å². The fourth-order valence-electron chi connectivity index (χ4n) is 2.81. The molecule has 144 valence electrons. The van der Waals surface area contributed by atoms with Gasteiger partial charge in [0.15, 0.2) is 0 Å². The van der Waals surface area contributed by atoms with Crippen LogP contribution < -0.4 is 4.74 Å². The summed E-state index contributed by atoms with van der Waals surface area (Å²) in [7, 11) is 1.63. The first-order chi connectivity index (χ1) is 13.0. The number of ether oxygens (including phenoxy) is 2. The number of esters is 1. The highest BCUT2D eigenvalue weighted by Crippen LogP contribution is 2.15. The van der Waals surface area contributed by atoms with Gasteiger partial charge in [0.05, 0.1) is 20.1 Å². The lowest BCUT2D eigenvalue weighted by Crippen LogP contribution is -2.35. The Morgan fingerprint density at radius 2 is 1.70 bits per heavy atom. The van der Waals surface area contributed by atoms with E-state index >= 15 is 0 Å². The van der Waals surface area contributed by atoms with Gasteiger partial charge in [-0.15, -0.1) is 0 Å². The van der Waals surface area contributed by atoms with Crippen molar-refractivity contribution in [2.45, 2.75) is 26.7 Å². The molecule has 2 aromatic carbocycles. The first-order valence-corrected chi connectivity index (χ1v) is 9.18. The van der Waals surface area contributed by atoms with Crippen molar-refractivity contribution in [3.63, 3.8) is 0 Å². The Morgan fingerprint density at radius 3 is 2.33 bits per heavy atom. The van der Waals surface area contributed by atoms with E-state index in [4.69, 9.17) is 9.47 Å². The molecular formula is C22H27NO4. The van der Waals surface area contributed by atoms with Crippen LogP contribution in [0.2, 0.25) is 0 Å². The molecule has 0 heterocycles. The molecule has 1 amide bonds. The maximum atomic E-state index is 13.0. The van der Waals surface area contributed by atoms with Crippen molar-refractivity contribution in [3.8, 4) is 5.75 Å². The fraction of sp³-hybridized carbons (Fsp3) is 0.364. The molecule has 0 aliphatic carbocycles. The minimum absolute atomic E-state index is 0.0640. The van der Waals surface area contributed by atoms with Gasteiger partial charge in [-0.2, -0.15) is 0 Å². The van der Waals surface area contributed by atoms with Crippen LogP contribution in [-0.2, 0) is 16.0 Å². The molecular weight excluding hydrogens is 342 g/mol. The predicted molar refractivity (Wildman–Crippen MR) is 105 cm³/mol. The van der Waals surface area contributed by atoms with Gasteiger partial charge in [0, 0.05) is 18.7 Å². The van der Waals surface area contributed by atoms with E-state index in [1.807, 2.05) is 55.5 Å². The molecule has 2 rings (SSSR count). The number of aryl methyl sites for hydroxylation is 1. The van der Waals surface area contributed by atoms with Crippen LogP contribution in [0.4, 0.5) is 0 Å². The van der Waals surface area contributed by atoms with Crippen LogP contribution in [0.15, 0.2) is 48.5 Å². The van der Waals surface area contributed by atoms with Gasteiger partial charge in [0.1, 0.15) is 5.75 Å². The van der Waals surface area contributed by atoms with Crippen molar-refractivity contribution in [2.75, 3.05) is 26.8 Å². The highest BCUT2D eigenvalue weighted by Gasteiger charge is 2.18. The summed E-state index contributed by atoms with van der Waals surface area (Å²) in [6.07, 6.45) is 0.887. The third-order valence-electron chi connectivity index (χ3n) is 4.38. The second kappa shape index (κ2) is 10.4. The molecule has 0 radical (unpaired) electrons. The zero-order chi connectivity index (χ0) is 19.6. The molecule has 0 unspecified atom stereocenters. The molecule has 0 aromatic heterocycles. The minimum atomic E-state index is -0.287. The fourth-order valence-corrected chi connectivity index (χ4v) is 2.81. The number of carbonyl (C=O) groups excluding carboxylic acids is 2. The van der Waals surface area contributed by atoms with Crippen molar-refractivity contribution < 1.29 is 19.1 Å². The number of carbonyl (C=O) groups is 2. The highest BCUT2D eigenvalue weighted by molar-refractivity contribution is 5.95. The molecule has 0 fully saturated rings. The van der Waals surface area contributed by atoms with Crippen LogP contribution in [-0.4, -0.2) is 43.6 Å². The van der Waals surface area contributed by atoms with Gasteiger partial charge in [-0.05, 0) is 49.6 Å². The number of amides is 1. The number of hydrogen-bond acceptors (Lipinski definition) is 4. The molecule has 0 atom stereocenters. The van der Waals surface area contributed by atoms with Crippen molar-refractivity contribution in [1.82, 2.24) is 4.90 Å². The molecule has 0 bridgehead atoms. The van der Waals surface area contributed by atoms with E-state index in [9.17, 15) is 9.59 Å². The molecule has 5 nitrogen and oxygen atoms in total. The van der Waals surface area contributed by atoms with Crippen molar-refractivity contribution >= 4 is 11.9 Å². The van der Waals surface area contributed by atoms with Crippen molar-refractivity contribution in [3.05, 3.63) is 65.2 Å². The second-order valence-corrected chi connectivity index (χ2v) is 6.26. The summed E-state index contributed by atoms with van der Waals surface area (Å²) in [6, 6.07) is 15.3. The number of rotatable bonds is 9. The lowest BCUT2D eigenvalue weighted by Gasteiger charge is -2.23. The van der Waals surface area contributed by atoms with Crippen LogP contribution in [0, 0.1) is 6.92 Å². The standard InChI is InChI=1S/C22H27NO4/c1-4-27-21(24)14-16-23(22(25)20-8-6-5-7-17(20)2)15-13-18-9-11-19(26-3)12-10-18/h5-12H,4,13-16H2,1-3H3. The maximum absolute atomic E-state index is 13.0. The van der Waals surface area contributed by atoms with Crippen LogP contribution in [0.25, 0.3) is 0 Å². The zero-order valence-electron chi connectivity index (χ0n) is 16.2. The summed E-state index contributed by atoms with van der Waals surface area (Å²) in [4.78, 5) is 26.5. The second-order valence-electron chi connectivity index (χ2n) is 6.26. The SMILES string of the molecule is CCOC(=O)CCN(CCc1ccc(OC)cc1)C(=O)c1ccccc1C. The largest absolute Gasteiger partial charge is 0.497 e. The Morgan fingerprint density at radius 1 is 1.00 bits per heavy atom. The monoisotopic (exact) mass is 369 g/mol. The van der Waals surface area contributed by atoms with Gasteiger partial charge >= 0.3 is 5.97 Å². The molecule has 5 heteroatoms. The number of nitrogens with zero attached hydrogens (tertiary/aromatic N) is 1. The summed E-state index contributed by atoms with van der Waals surface area (Å²) in [5.74, 6) is 0.448. The normalized spacial score (nSPS) is 10.3. The molecule has 0 aliphatic rings. The molecule has 0 aliphatic heterocycles. The van der Waals surface area contributed by atoms with E-state index in [0.29, 0.717) is 31.7 Å². The van der Waals surface area contributed by atoms with Gasteiger partial charge in [-0.1, -0.05) is 30.3 Å². The third-order valence-corrected chi connectivity index (χ3v) is 4.38. The molecule has 27 heavy (non-hydrogen) atoms. The van der Waals surface area contributed by atoms with Crippen molar-refractivity contribution in [2.24, 2.45) is 0 Å². The first kappa shape index (κ1) is 20.5. The van der Waals surface area contributed by atoms with E-state index in [1.54, 1.807) is 18.9 Å². The molecule has 0 saturated carbocycles. The molecule has 0 spiro atoms. The molecule has 0 saturated heterocycles. The van der Waals surface area contributed by atoms with Gasteiger partial charge in [0.25, 0.3) is 5.91 Å². The maximum Gasteiger partial charge on any atom is 0.307 e. The van der Waals surface area contributed by atoms with Gasteiger partial charge < -0.3 is 14.4 Å². The number of benzene rings is 2. The lowest BCUT2D eigenvalue weighted by molar-refractivity contribution is -0.143. The summed E-state index contributed by atoms with van der Waals surface area (Å²) < 4.78 is 10.2. The third kappa shape index (κ3) is 6.13. The Kier molecular flexibility index (Phi) is 7.86. The molecule has 0 N–H and O–H groups in total. The Balaban J connectivity index is 2.09. The van der Waals surface area contributed by atoms with E-state index in [0.717, 1.165) is 16.9 Å². The summed E-state index contributed by atoms with van der Waals surface area (Å²) in [5, 5.41) is 0.